The molecule has 6 heterocycles. The van der Waals surface area contributed by atoms with E-state index in [0.29, 0.717) is 70.5 Å². The Hall–Kier alpha value is -5.78. The van der Waals surface area contributed by atoms with Crippen LogP contribution in [0.5, 0.6) is 5.75 Å². The standard InChI is InChI=1S/C52H71N9O8/c1-9-60-43-16-15-34-27-38(43)39(46(60)37-13-10-17-53-44(37)32(4)68-8)28-52(5,6)30-69-50(66)40-14-11-20-61(56-40)49(65)41(25-33-23-35(34)26-36(62)24-33)55-47(63)45(31(2)3)57(7)51(67)59-19-12-18-58(21-22-59)48(64)42-29-54-42/h15-17,23-24,26-27,31-32,40-42,45,54,56,62H,9-14,18-22,25,28-30H2,1-8H3,(H,55,63)/t32-,40-,41-,42+,45-/m0/s1. The molecule has 0 spiro atoms. The van der Waals surface area contributed by atoms with Crippen LogP contribution < -0.4 is 16.1 Å². The second-order valence-corrected chi connectivity index (χ2v) is 20.5. The first-order chi connectivity index (χ1) is 33.0. The lowest BCUT2D eigenvalue weighted by atomic mass is 9.83. The summed E-state index contributed by atoms with van der Waals surface area (Å²) in [5.41, 5.74) is 10.1. The molecular weight excluding hydrogens is 879 g/mol. The van der Waals surface area contributed by atoms with E-state index in [9.17, 15) is 29.1 Å². The van der Waals surface area contributed by atoms with Gasteiger partial charge < -0.3 is 44.5 Å². The summed E-state index contributed by atoms with van der Waals surface area (Å²) in [6, 6.07) is 8.17. The van der Waals surface area contributed by atoms with Crippen LogP contribution in [0.4, 0.5) is 4.79 Å². The number of hydrazine groups is 1. The Morgan fingerprint density at radius 2 is 1.77 bits per heavy atom. The van der Waals surface area contributed by atoms with Gasteiger partial charge in [-0.15, -0.1) is 0 Å². The lowest BCUT2D eigenvalue weighted by molar-refractivity contribution is -0.155. The molecule has 17 heteroatoms. The number of hydrogen-bond donors (Lipinski definition) is 4. The van der Waals surface area contributed by atoms with Crippen molar-refractivity contribution >= 4 is 52.4 Å². The number of amides is 5. The van der Waals surface area contributed by atoms with Crippen LogP contribution in [0.3, 0.4) is 0 Å². The number of carbonyl (C=O) groups is 5. The Morgan fingerprint density at radius 1 is 1.01 bits per heavy atom. The second-order valence-electron chi connectivity index (χ2n) is 20.5. The van der Waals surface area contributed by atoms with Gasteiger partial charge in [-0.25, -0.2) is 10.2 Å². The molecule has 5 aliphatic rings. The number of esters is 1. The number of rotatable bonds is 9. The molecule has 0 saturated carbocycles. The van der Waals surface area contributed by atoms with E-state index in [1.54, 1.807) is 36.1 Å². The normalized spacial score (nSPS) is 23.0. The molecule has 0 aliphatic carbocycles. The number of fused-ring (bicyclic) bond motifs is 6. The molecule has 0 unspecified atom stereocenters. The Balaban J connectivity index is 1.16. The molecule has 0 radical (unpaired) electrons. The highest BCUT2D eigenvalue weighted by molar-refractivity contribution is 5.96. The van der Waals surface area contributed by atoms with E-state index in [2.05, 4.69) is 53.5 Å². The number of benzene rings is 2. The number of ether oxygens (including phenoxy) is 2. The molecule has 69 heavy (non-hydrogen) atoms. The van der Waals surface area contributed by atoms with Crippen LogP contribution >= 0.6 is 0 Å². The molecule has 5 atom stereocenters. The van der Waals surface area contributed by atoms with Gasteiger partial charge >= 0.3 is 12.0 Å². The Bertz CT molecular complexity index is 2530. The van der Waals surface area contributed by atoms with Crippen LogP contribution in [-0.4, -0.2) is 156 Å². The SMILES string of the molecule is CCn1c(C2=C([C@H](C)OC)N=CCC2)c2c3cc(ccc31)-c1cc(O)cc(c1)C[C@H](NC(=O)[C@H](C(C)C)N(C)C(=O)N1CCCN(C(=O)[C@H]3CN3)CC1)C(=O)N1CCC[C@H](N1)C(=O)OCC(C)(C)C2. The summed E-state index contributed by atoms with van der Waals surface area (Å²) in [4.78, 5) is 80.2. The second kappa shape index (κ2) is 20.7. The van der Waals surface area contributed by atoms with Gasteiger partial charge in [-0.1, -0.05) is 39.8 Å². The maximum absolute atomic E-state index is 14.8. The van der Waals surface area contributed by atoms with Crippen molar-refractivity contribution in [2.45, 2.75) is 123 Å². The summed E-state index contributed by atoms with van der Waals surface area (Å²) in [6.45, 7) is 15.5. The van der Waals surface area contributed by atoms with Gasteiger partial charge in [0.2, 0.25) is 11.8 Å². The number of carbonyl (C=O) groups excluding carboxylic acids is 5. The van der Waals surface area contributed by atoms with Crippen molar-refractivity contribution in [1.29, 1.82) is 0 Å². The highest BCUT2D eigenvalue weighted by Gasteiger charge is 2.40. The number of urea groups is 1. The number of aryl methyl sites for hydroxylation is 1. The van der Waals surface area contributed by atoms with Crippen molar-refractivity contribution in [2.24, 2.45) is 16.3 Å². The number of aliphatic imine (C=N–C) groups is 1. The summed E-state index contributed by atoms with van der Waals surface area (Å²) in [7, 11) is 3.30. The van der Waals surface area contributed by atoms with Crippen molar-refractivity contribution in [3.8, 4) is 16.9 Å². The third kappa shape index (κ3) is 10.7. The lowest BCUT2D eigenvalue weighted by Gasteiger charge is -2.37. The molecule has 3 saturated heterocycles. The lowest BCUT2D eigenvalue weighted by Crippen LogP contribution is -2.62. The number of allylic oxidation sites excluding steroid dienone is 1. The van der Waals surface area contributed by atoms with E-state index in [0.717, 1.165) is 57.4 Å². The first-order valence-electron chi connectivity index (χ1n) is 24.8. The van der Waals surface area contributed by atoms with Crippen molar-refractivity contribution in [2.75, 3.05) is 60.0 Å². The number of aromatic nitrogens is 1. The molecule has 1 aromatic heterocycles. The number of nitrogens with zero attached hydrogens (tertiary/aromatic N) is 6. The number of cyclic esters (lactones) is 1. The number of phenolic OH excluding ortho intramolecular Hbond substituents is 1. The van der Waals surface area contributed by atoms with Crippen molar-refractivity contribution in [3.63, 3.8) is 0 Å². The van der Waals surface area contributed by atoms with Gasteiger partial charge in [-0.3, -0.25) is 29.2 Å². The third-order valence-corrected chi connectivity index (χ3v) is 14.3. The van der Waals surface area contributed by atoms with E-state index >= 15 is 0 Å². The summed E-state index contributed by atoms with van der Waals surface area (Å²) < 4.78 is 14.3. The number of phenols is 1. The quantitative estimate of drug-likeness (QED) is 0.170. The number of nitrogens with one attached hydrogen (secondary N) is 3. The minimum absolute atomic E-state index is 0.000753. The van der Waals surface area contributed by atoms with Gasteiger partial charge in [0.1, 0.15) is 23.9 Å². The fourth-order valence-corrected chi connectivity index (χ4v) is 10.6. The Morgan fingerprint density at radius 3 is 2.49 bits per heavy atom. The first kappa shape index (κ1) is 49.6. The molecule has 3 aromatic rings. The molecule has 372 valence electrons. The van der Waals surface area contributed by atoms with Crippen LogP contribution in [0.1, 0.15) is 90.5 Å². The predicted molar refractivity (Wildman–Crippen MR) is 264 cm³/mol. The molecule has 5 amide bonds. The third-order valence-electron chi connectivity index (χ3n) is 14.3. The zero-order chi connectivity index (χ0) is 49.3. The zero-order valence-electron chi connectivity index (χ0n) is 41.6. The van der Waals surface area contributed by atoms with Crippen LogP contribution in [0.15, 0.2) is 47.1 Å². The van der Waals surface area contributed by atoms with Gasteiger partial charge in [0.05, 0.1) is 30.1 Å². The average Bonchev–Trinajstić information content (AvgIpc) is 4.18. The van der Waals surface area contributed by atoms with Crippen LogP contribution in [0.2, 0.25) is 0 Å². The number of methoxy groups -OCH3 is 1. The smallest absolute Gasteiger partial charge is 0.324 e. The number of likely N-dealkylation sites (N-methyl/N-ethyl adjacent to an activating group) is 1. The molecule has 4 N–H and O–H groups in total. The molecule has 5 aliphatic heterocycles. The first-order valence-corrected chi connectivity index (χ1v) is 24.8. The molecule has 17 nitrogen and oxygen atoms in total. The van der Waals surface area contributed by atoms with Gasteiger partial charge in [0.25, 0.3) is 5.91 Å². The number of aromatic hydroxyl groups is 1. The molecule has 2 aromatic carbocycles. The van der Waals surface area contributed by atoms with Crippen LogP contribution in [-0.2, 0) is 48.0 Å². The molecule has 3 fully saturated rings. The predicted octanol–water partition coefficient (Wildman–Crippen LogP) is 4.88. The Labute approximate surface area is 405 Å². The van der Waals surface area contributed by atoms with Gasteiger partial charge in [-0.05, 0) is 105 Å². The summed E-state index contributed by atoms with van der Waals surface area (Å²) in [5.74, 6) is -1.75. The van der Waals surface area contributed by atoms with E-state index in [1.807, 2.05) is 39.1 Å². The molecule has 8 rings (SSSR count). The molecule has 6 bridgehead atoms. The van der Waals surface area contributed by atoms with Gasteiger partial charge in [0, 0.05) is 94.5 Å². The van der Waals surface area contributed by atoms with E-state index in [1.165, 1.54) is 9.91 Å². The monoisotopic (exact) mass is 950 g/mol. The summed E-state index contributed by atoms with van der Waals surface area (Å²) in [6.07, 6.45) is 5.46. The van der Waals surface area contributed by atoms with E-state index < -0.39 is 41.3 Å². The maximum Gasteiger partial charge on any atom is 0.324 e. The zero-order valence-corrected chi connectivity index (χ0v) is 41.6. The highest BCUT2D eigenvalue weighted by Crippen LogP contribution is 2.42. The van der Waals surface area contributed by atoms with Crippen LogP contribution in [0, 0.1) is 11.3 Å². The molecular formula is C52H71N9O8. The van der Waals surface area contributed by atoms with Gasteiger partial charge in [0.15, 0.2) is 0 Å². The summed E-state index contributed by atoms with van der Waals surface area (Å²) in [5, 5.41) is 19.9. The number of hydrogen-bond acceptors (Lipinski definition) is 11. The Kier molecular flexibility index (Phi) is 14.9. The van der Waals surface area contributed by atoms with Crippen molar-refractivity contribution in [1.82, 2.24) is 40.3 Å². The minimum atomic E-state index is -1.16. The minimum Gasteiger partial charge on any atom is -0.508 e. The van der Waals surface area contributed by atoms with E-state index in [4.69, 9.17) is 14.5 Å². The van der Waals surface area contributed by atoms with Gasteiger partial charge in [-0.2, -0.15) is 0 Å². The summed E-state index contributed by atoms with van der Waals surface area (Å²) >= 11 is 0. The maximum atomic E-state index is 14.8. The topological polar surface area (TPSA) is 200 Å². The van der Waals surface area contributed by atoms with Crippen molar-refractivity contribution in [3.05, 3.63) is 58.9 Å². The fraction of sp³-hybridized carbons (Fsp3) is 0.577. The fourth-order valence-electron chi connectivity index (χ4n) is 10.6. The highest BCUT2D eigenvalue weighted by atomic mass is 16.5. The van der Waals surface area contributed by atoms with Crippen LogP contribution in [0.25, 0.3) is 27.6 Å². The van der Waals surface area contributed by atoms with Crippen molar-refractivity contribution < 1.29 is 38.6 Å². The average molecular weight is 950 g/mol. The largest absolute Gasteiger partial charge is 0.508 e. The van der Waals surface area contributed by atoms with E-state index in [-0.39, 0.29) is 55.3 Å².